The number of anilines is 1. The van der Waals surface area contributed by atoms with Gasteiger partial charge < -0.3 is 16.4 Å². The van der Waals surface area contributed by atoms with E-state index in [-0.39, 0.29) is 37.3 Å². The number of carbonyl (C=O) groups excluding carboxylic acids is 2. The maximum atomic E-state index is 11.4. The molecule has 1 aromatic heterocycles. The number of hydrogen-bond acceptors (Lipinski definition) is 5. The molecule has 2 amide bonds. The lowest BCUT2D eigenvalue weighted by Gasteiger charge is -2.02. The van der Waals surface area contributed by atoms with E-state index in [0.717, 1.165) is 17.0 Å². The topological polar surface area (TPSA) is 97.1 Å². The minimum absolute atomic E-state index is 0. The molecule has 0 radical (unpaired) electrons. The Bertz CT molecular complexity index is 422. The van der Waals surface area contributed by atoms with Crippen molar-refractivity contribution in [3.05, 3.63) is 10.6 Å². The van der Waals surface area contributed by atoms with Crippen LogP contribution in [0.1, 0.15) is 17.5 Å². The van der Waals surface area contributed by atoms with Gasteiger partial charge in [-0.3, -0.25) is 9.59 Å². The first kappa shape index (κ1) is 16.8. The fourth-order valence-electron chi connectivity index (χ4n) is 1.22. The first-order valence-electron chi connectivity index (χ1n) is 5.29. The van der Waals surface area contributed by atoms with Crippen LogP contribution >= 0.6 is 23.7 Å². The van der Waals surface area contributed by atoms with E-state index in [1.54, 1.807) is 0 Å². The third-order valence-corrected chi connectivity index (χ3v) is 3.03. The van der Waals surface area contributed by atoms with E-state index in [2.05, 4.69) is 15.6 Å². The van der Waals surface area contributed by atoms with Crippen LogP contribution in [-0.2, 0) is 16.0 Å². The Kier molecular flexibility index (Phi) is 7.49. The van der Waals surface area contributed by atoms with Gasteiger partial charge in [-0.1, -0.05) is 6.92 Å². The Morgan fingerprint density at radius 2 is 2.06 bits per heavy atom. The minimum atomic E-state index is -0.357. The average molecular weight is 293 g/mol. The third-order valence-electron chi connectivity index (χ3n) is 2.11. The summed E-state index contributed by atoms with van der Waals surface area (Å²) in [6.07, 6.45) is 0.835. The zero-order valence-electron chi connectivity index (χ0n) is 10.3. The van der Waals surface area contributed by atoms with Crippen LogP contribution in [0, 0.1) is 6.92 Å². The number of halogens is 1. The molecule has 0 bridgehead atoms. The number of aryl methyl sites for hydroxylation is 2. The molecule has 0 fully saturated rings. The van der Waals surface area contributed by atoms with Crippen LogP contribution in [0.2, 0.25) is 0 Å². The molecule has 1 aromatic rings. The van der Waals surface area contributed by atoms with E-state index < -0.39 is 0 Å². The number of amides is 2. The Hall–Kier alpha value is -1.18. The van der Waals surface area contributed by atoms with Crippen LogP contribution in [0.4, 0.5) is 5.13 Å². The fraction of sp³-hybridized carbons (Fsp3) is 0.500. The molecule has 0 saturated carbocycles. The van der Waals surface area contributed by atoms with Gasteiger partial charge >= 0.3 is 0 Å². The lowest BCUT2D eigenvalue weighted by Crippen LogP contribution is -2.36. The highest BCUT2D eigenvalue weighted by molar-refractivity contribution is 7.15. The predicted molar refractivity (Wildman–Crippen MR) is 74.2 cm³/mol. The Morgan fingerprint density at radius 3 is 2.56 bits per heavy atom. The molecule has 0 aromatic carbocycles. The normalized spacial score (nSPS) is 9.50. The van der Waals surface area contributed by atoms with Gasteiger partial charge in [0.05, 0.1) is 18.8 Å². The van der Waals surface area contributed by atoms with E-state index >= 15 is 0 Å². The summed E-state index contributed by atoms with van der Waals surface area (Å²) in [4.78, 5) is 27.6. The number of nitrogens with zero attached hydrogens (tertiary/aromatic N) is 1. The average Bonchev–Trinajstić information content (AvgIpc) is 2.66. The van der Waals surface area contributed by atoms with Crippen molar-refractivity contribution in [2.24, 2.45) is 5.73 Å². The van der Waals surface area contributed by atoms with Crippen LogP contribution in [-0.4, -0.2) is 29.9 Å². The summed E-state index contributed by atoms with van der Waals surface area (Å²) >= 11 is 1.43. The van der Waals surface area contributed by atoms with Gasteiger partial charge in [-0.25, -0.2) is 4.98 Å². The van der Waals surface area contributed by atoms with Crippen molar-refractivity contribution in [2.75, 3.05) is 18.4 Å². The zero-order chi connectivity index (χ0) is 12.8. The smallest absolute Gasteiger partial charge is 0.245 e. The van der Waals surface area contributed by atoms with Crippen LogP contribution in [0.3, 0.4) is 0 Å². The van der Waals surface area contributed by atoms with Crippen molar-refractivity contribution < 1.29 is 9.59 Å². The van der Waals surface area contributed by atoms with E-state index in [4.69, 9.17) is 5.73 Å². The second-order valence-electron chi connectivity index (χ2n) is 3.40. The standard InChI is InChI=1S/C10H16N4O2S.ClH/c1-3-7-6(2)17-10(13-7)14-9(16)5-12-8(15)4-11;/h3-5,11H2,1-2H3,(H,12,15)(H,13,14,16);1H. The SMILES string of the molecule is CCc1nc(NC(=O)CNC(=O)CN)sc1C.Cl. The van der Waals surface area contributed by atoms with Gasteiger partial charge in [-0.2, -0.15) is 0 Å². The summed E-state index contributed by atoms with van der Waals surface area (Å²) in [5, 5.41) is 5.58. The molecule has 0 aliphatic carbocycles. The number of nitrogens with one attached hydrogen (secondary N) is 2. The third kappa shape index (κ3) is 4.99. The quantitative estimate of drug-likeness (QED) is 0.734. The van der Waals surface area contributed by atoms with Crippen molar-refractivity contribution in [3.8, 4) is 0 Å². The number of carbonyl (C=O) groups is 2. The second-order valence-corrected chi connectivity index (χ2v) is 4.61. The van der Waals surface area contributed by atoms with Gasteiger partial charge in [0.2, 0.25) is 11.8 Å². The van der Waals surface area contributed by atoms with Crippen LogP contribution in [0.5, 0.6) is 0 Å². The lowest BCUT2D eigenvalue weighted by atomic mass is 10.3. The van der Waals surface area contributed by atoms with Gasteiger partial charge in [0, 0.05) is 4.88 Å². The van der Waals surface area contributed by atoms with Crippen LogP contribution in [0.15, 0.2) is 0 Å². The molecule has 0 aliphatic rings. The molecule has 6 nitrogen and oxygen atoms in total. The molecule has 1 rings (SSSR count). The zero-order valence-corrected chi connectivity index (χ0v) is 11.9. The number of hydrogen-bond donors (Lipinski definition) is 3. The maximum Gasteiger partial charge on any atom is 0.245 e. The maximum absolute atomic E-state index is 11.4. The van der Waals surface area contributed by atoms with Crippen molar-refractivity contribution in [1.82, 2.24) is 10.3 Å². The van der Waals surface area contributed by atoms with Gasteiger partial charge in [0.25, 0.3) is 0 Å². The summed E-state index contributed by atoms with van der Waals surface area (Å²) in [7, 11) is 0. The van der Waals surface area contributed by atoms with Gasteiger partial charge in [-0.15, -0.1) is 23.7 Å². The molecule has 0 saturated heterocycles. The molecule has 0 atom stereocenters. The van der Waals surface area contributed by atoms with E-state index in [1.165, 1.54) is 11.3 Å². The van der Waals surface area contributed by atoms with Gasteiger partial charge in [-0.05, 0) is 13.3 Å². The molecule has 102 valence electrons. The van der Waals surface area contributed by atoms with Crippen LogP contribution in [0.25, 0.3) is 0 Å². The molecule has 0 aliphatic heterocycles. The molecule has 8 heteroatoms. The van der Waals surface area contributed by atoms with E-state index in [0.29, 0.717) is 5.13 Å². The largest absolute Gasteiger partial charge is 0.346 e. The van der Waals surface area contributed by atoms with E-state index in [9.17, 15) is 9.59 Å². The summed E-state index contributed by atoms with van der Waals surface area (Å²) in [6.45, 7) is 3.76. The van der Waals surface area contributed by atoms with Gasteiger partial charge in [0.15, 0.2) is 5.13 Å². The minimum Gasteiger partial charge on any atom is -0.346 e. The second kappa shape index (κ2) is 8.02. The highest BCUT2D eigenvalue weighted by Gasteiger charge is 2.09. The number of thiazole rings is 1. The summed E-state index contributed by atoms with van der Waals surface area (Å²) in [5.74, 6) is -0.659. The van der Waals surface area contributed by atoms with E-state index in [1.807, 2.05) is 13.8 Å². The lowest BCUT2D eigenvalue weighted by molar-refractivity contribution is -0.123. The van der Waals surface area contributed by atoms with Crippen molar-refractivity contribution >= 4 is 40.7 Å². The highest BCUT2D eigenvalue weighted by atomic mass is 35.5. The molecule has 0 spiro atoms. The molecular formula is C10H17ClN4O2S. The molecular weight excluding hydrogens is 276 g/mol. The number of rotatable bonds is 5. The predicted octanol–water partition coefficient (Wildman–Crippen LogP) is 0.449. The fourth-order valence-corrected chi connectivity index (χ4v) is 2.14. The molecule has 4 N–H and O–H groups in total. The Labute approximate surface area is 116 Å². The Balaban J connectivity index is 0.00000289. The molecule has 0 unspecified atom stereocenters. The first-order chi connectivity index (χ1) is 8.06. The first-order valence-corrected chi connectivity index (χ1v) is 6.11. The summed E-state index contributed by atoms with van der Waals surface area (Å²) in [6, 6.07) is 0. The Morgan fingerprint density at radius 1 is 1.39 bits per heavy atom. The van der Waals surface area contributed by atoms with Gasteiger partial charge in [0.1, 0.15) is 0 Å². The number of nitrogens with two attached hydrogens (primary N) is 1. The highest BCUT2D eigenvalue weighted by Crippen LogP contribution is 2.21. The van der Waals surface area contributed by atoms with Crippen LogP contribution < -0.4 is 16.4 Å². The van der Waals surface area contributed by atoms with Crippen molar-refractivity contribution in [1.29, 1.82) is 0 Å². The number of aromatic nitrogens is 1. The molecule has 18 heavy (non-hydrogen) atoms. The monoisotopic (exact) mass is 292 g/mol. The molecule has 1 heterocycles. The summed E-state index contributed by atoms with van der Waals surface area (Å²) < 4.78 is 0. The van der Waals surface area contributed by atoms with Crippen molar-refractivity contribution in [2.45, 2.75) is 20.3 Å². The summed E-state index contributed by atoms with van der Waals surface area (Å²) in [5.41, 5.74) is 6.08. The van der Waals surface area contributed by atoms with Crippen molar-refractivity contribution in [3.63, 3.8) is 0 Å².